The Kier molecular flexibility index (Phi) is 5.25. The summed E-state index contributed by atoms with van der Waals surface area (Å²) in [5, 5.41) is 61.1. The van der Waals surface area contributed by atoms with Gasteiger partial charge in [-0.05, 0) is 23.8 Å². The largest absolute Gasteiger partial charge is 0.507 e. The molecule has 0 unspecified atom stereocenters. The third-order valence-electron chi connectivity index (χ3n) is 6.35. The third-order valence-corrected chi connectivity index (χ3v) is 6.35. The summed E-state index contributed by atoms with van der Waals surface area (Å²) < 4.78 is 16.9. The lowest BCUT2D eigenvalue weighted by atomic mass is 9.81. The van der Waals surface area contributed by atoms with Crippen molar-refractivity contribution in [3.63, 3.8) is 0 Å². The summed E-state index contributed by atoms with van der Waals surface area (Å²) in [6, 6.07) is 7.86. The Hall–Kier alpha value is -4.31. The fourth-order valence-electron chi connectivity index (χ4n) is 4.63. The Morgan fingerprint density at radius 1 is 0.943 bits per heavy atom. The molecule has 0 saturated carbocycles. The van der Waals surface area contributed by atoms with E-state index in [1.165, 1.54) is 43.5 Å². The van der Waals surface area contributed by atoms with E-state index in [4.69, 9.17) is 14.2 Å². The minimum absolute atomic E-state index is 0.0145. The molecule has 182 valence electrons. The van der Waals surface area contributed by atoms with Crippen molar-refractivity contribution in [2.24, 2.45) is 0 Å². The Morgan fingerprint density at radius 2 is 1.63 bits per heavy atom. The van der Waals surface area contributed by atoms with E-state index < -0.39 is 41.3 Å². The number of carbonyl (C=O) groups is 1. The van der Waals surface area contributed by atoms with Crippen LogP contribution >= 0.6 is 0 Å². The number of ether oxygens (including phenoxy) is 3. The van der Waals surface area contributed by atoms with Crippen LogP contribution in [0.2, 0.25) is 0 Å². The molecule has 0 bridgehead atoms. The van der Waals surface area contributed by atoms with E-state index >= 15 is 0 Å². The maximum Gasteiger partial charge on any atom is 0.306 e. The van der Waals surface area contributed by atoms with Crippen molar-refractivity contribution in [1.82, 2.24) is 0 Å². The van der Waals surface area contributed by atoms with Gasteiger partial charge in [0.2, 0.25) is 0 Å². The van der Waals surface area contributed by atoms with Gasteiger partial charge in [-0.3, -0.25) is 4.79 Å². The van der Waals surface area contributed by atoms with Gasteiger partial charge in [-0.1, -0.05) is 6.07 Å². The van der Waals surface area contributed by atoms with E-state index in [1.54, 1.807) is 0 Å². The molecule has 0 spiro atoms. The number of benzene rings is 3. The Balaban J connectivity index is 1.68. The highest BCUT2D eigenvalue weighted by Gasteiger charge is 2.40. The lowest BCUT2D eigenvalue weighted by Crippen LogP contribution is -2.31. The summed E-state index contributed by atoms with van der Waals surface area (Å²) in [4.78, 5) is 12.3. The lowest BCUT2D eigenvalue weighted by Gasteiger charge is -2.36. The molecule has 3 atom stereocenters. The third kappa shape index (κ3) is 3.68. The summed E-state index contributed by atoms with van der Waals surface area (Å²) in [6.45, 7) is 0. The van der Waals surface area contributed by atoms with Crippen LogP contribution in [-0.2, 0) is 16.0 Å². The van der Waals surface area contributed by atoms with Gasteiger partial charge in [0.1, 0.15) is 29.1 Å². The van der Waals surface area contributed by atoms with Gasteiger partial charge >= 0.3 is 5.97 Å². The fourth-order valence-corrected chi connectivity index (χ4v) is 4.63. The molecule has 3 aromatic rings. The van der Waals surface area contributed by atoms with Crippen molar-refractivity contribution in [2.45, 2.75) is 31.0 Å². The predicted octanol–water partition coefficient (Wildman–Crippen LogP) is 3.05. The van der Waals surface area contributed by atoms with Gasteiger partial charge in [-0.15, -0.1) is 0 Å². The van der Waals surface area contributed by atoms with Crippen LogP contribution in [0.25, 0.3) is 0 Å². The average molecular weight is 482 g/mol. The molecule has 10 heteroatoms. The van der Waals surface area contributed by atoms with Crippen LogP contribution in [0.3, 0.4) is 0 Å². The van der Waals surface area contributed by atoms with E-state index in [9.17, 15) is 35.4 Å². The van der Waals surface area contributed by atoms with E-state index in [0.29, 0.717) is 22.3 Å². The molecule has 2 heterocycles. The lowest BCUT2D eigenvalue weighted by molar-refractivity contribution is -0.140. The minimum Gasteiger partial charge on any atom is -0.507 e. The molecule has 2 aliphatic rings. The van der Waals surface area contributed by atoms with Gasteiger partial charge in [-0.25, -0.2) is 0 Å². The number of esters is 1. The quantitative estimate of drug-likeness (QED) is 0.241. The Labute approximate surface area is 198 Å². The summed E-state index contributed by atoms with van der Waals surface area (Å²) in [7, 11) is 1.24. The maximum absolute atomic E-state index is 12.3. The summed E-state index contributed by atoms with van der Waals surface area (Å²) in [5.74, 6) is -2.54. The standard InChI is InChI=1S/C25H22O10/c1-33-22(32)7-12-11-5-17(29)18(30)9-20(11)34-21-8-15(27)13-6-19(31)24(35-25(13)23(12)21)10-2-3-14(26)16(28)4-10/h2-5,8-9,12,19,24,26-31H,6-7H2,1H3/t12-,19+,24-/m0/s1. The second kappa shape index (κ2) is 8.17. The molecule has 35 heavy (non-hydrogen) atoms. The van der Waals surface area contributed by atoms with Crippen LogP contribution in [0.15, 0.2) is 36.4 Å². The first-order valence-corrected chi connectivity index (χ1v) is 10.7. The van der Waals surface area contributed by atoms with Crippen molar-refractivity contribution in [1.29, 1.82) is 0 Å². The molecule has 10 nitrogen and oxygen atoms in total. The summed E-state index contributed by atoms with van der Waals surface area (Å²) in [5.41, 5.74) is 1.44. The van der Waals surface area contributed by atoms with Crippen molar-refractivity contribution in [3.05, 3.63) is 58.7 Å². The van der Waals surface area contributed by atoms with Crippen molar-refractivity contribution < 1.29 is 49.6 Å². The zero-order chi connectivity index (χ0) is 25.0. The van der Waals surface area contributed by atoms with Crippen LogP contribution in [0.4, 0.5) is 0 Å². The van der Waals surface area contributed by atoms with Crippen LogP contribution in [0, 0.1) is 0 Å². The second-order valence-corrected chi connectivity index (χ2v) is 8.49. The second-order valence-electron chi connectivity index (χ2n) is 8.49. The first-order chi connectivity index (χ1) is 16.7. The molecule has 0 radical (unpaired) electrons. The number of carbonyl (C=O) groups excluding carboxylic acids is 1. The molecular weight excluding hydrogens is 460 g/mol. The highest BCUT2D eigenvalue weighted by molar-refractivity contribution is 5.75. The summed E-state index contributed by atoms with van der Waals surface area (Å²) >= 11 is 0. The molecule has 5 rings (SSSR count). The first kappa shape index (κ1) is 22.5. The molecule has 0 fully saturated rings. The zero-order valence-corrected chi connectivity index (χ0v) is 18.4. The molecule has 2 aliphatic heterocycles. The number of phenolic OH excluding ortho intramolecular Hbond substituents is 5. The average Bonchev–Trinajstić information content (AvgIpc) is 2.82. The predicted molar refractivity (Wildman–Crippen MR) is 119 cm³/mol. The first-order valence-electron chi connectivity index (χ1n) is 10.7. The van der Waals surface area contributed by atoms with Crippen molar-refractivity contribution in [2.75, 3.05) is 7.11 Å². The van der Waals surface area contributed by atoms with Gasteiger partial charge in [0.25, 0.3) is 0 Å². The number of phenols is 5. The molecule has 0 amide bonds. The smallest absolute Gasteiger partial charge is 0.306 e. The number of hydrogen-bond donors (Lipinski definition) is 6. The summed E-state index contributed by atoms with van der Waals surface area (Å²) in [6.07, 6.45) is -2.27. The molecule has 0 aromatic heterocycles. The van der Waals surface area contributed by atoms with Gasteiger partial charge in [0, 0.05) is 41.2 Å². The van der Waals surface area contributed by atoms with Gasteiger partial charge in [0.05, 0.1) is 19.6 Å². The van der Waals surface area contributed by atoms with Gasteiger partial charge < -0.3 is 44.8 Å². The SMILES string of the molecule is COC(=O)C[C@H]1c2cc(O)c(O)cc2Oc2cc(O)c3c(c21)O[C@@H](c1ccc(O)c(O)c1)[C@H](O)C3. The van der Waals surface area contributed by atoms with E-state index in [1.807, 2.05) is 0 Å². The van der Waals surface area contributed by atoms with Gasteiger partial charge in [0.15, 0.2) is 23.0 Å². The van der Waals surface area contributed by atoms with Crippen LogP contribution < -0.4 is 9.47 Å². The monoisotopic (exact) mass is 482 g/mol. The molecule has 3 aromatic carbocycles. The van der Waals surface area contributed by atoms with E-state index in [0.717, 1.165) is 0 Å². The minimum atomic E-state index is -1.10. The normalized spacial score (nSPS) is 20.0. The number of methoxy groups -OCH3 is 1. The van der Waals surface area contributed by atoms with E-state index in [2.05, 4.69) is 0 Å². The van der Waals surface area contributed by atoms with Gasteiger partial charge in [-0.2, -0.15) is 0 Å². The maximum atomic E-state index is 12.3. The molecular formula is C25H22O10. The molecule has 0 aliphatic carbocycles. The van der Waals surface area contributed by atoms with E-state index in [-0.39, 0.29) is 41.6 Å². The number of aromatic hydroxyl groups is 5. The van der Waals surface area contributed by atoms with Crippen LogP contribution in [0.5, 0.6) is 46.0 Å². The number of fused-ring (bicyclic) bond motifs is 4. The highest BCUT2D eigenvalue weighted by Crippen LogP contribution is 2.56. The Morgan fingerprint density at radius 3 is 2.34 bits per heavy atom. The topological polar surface area (TPSA) is 166 Å². The number of aliphatic hydroxyl groups excluding tert-OH is 1. The van der Waals surface area contributed by atoms with Crippen LogP contribution in [-0.4, -0.2) is 49.8 Å². The molecule has 0 saturated heterocycles. The Bertz CT molecular complexity index is 1350. The number of aliphatic hydroxyl groups is 1. The van der Waals surface area contributed by atoms with Crippen molar-refractivity contribution in [3.8, 4) is 46.0 Å². The highest BCUT2D eigenvalue weighted by atomic mass is 16.5. The fraction of sp³-hybridized carbons (Fsp3) is 0.240. The number of hydrogen-bond acceptors (Lipinski definition) is 10. The van der Waals surface area contributed by atoms with Crippen molar-refractivity contribution >= 4 is 5.97 Å². The molecule has 6 N–H and O–H groups in total. The zero-order valence-electron chi connectivity index (χ0n) is 18.4. The van der Waals surface area contributed by atoms with Crippen LogP contribution in [0.1, 0.15) is 40.7 Å². The number of rotatable bonds is 3.